The third-order valence-corrected chi connectivity index (χ3v) is 5.86. The van der Waals surface area contributed by atoms with Gasteiger partial charge >= 0.3 is 5.69 Å². The molecule has 2 aromatic rings. The molecule has 0 unspecified atom stereocenters. The van der Waals surface area contributed by atoms with Gasteiger partial charge in [-0.1, -0.05) is 0 Å². The zero-order chi connectivity index (χ0) is 22.9. The van der Waals surface area contributed by atoms with Crippen molar-refractivity contribution in [2.75, 3.05) is 14.2 Å². The number of benzene rings is 2. The number of hydrogen-bond acceptors (Lipinski definition) is 9. The maximum Gasteiger partial charge on any atom is 0.318 e. The summed E-state index contributed by atoms with van der Waals surface area (Å²) in [6.07, 6.45) is 1.52. The van der Waals surface area contributed by atoms with Crippen molar-refractivity contribution in [3.8, 4) is 17.2 Å². The average Bonchev–Trinajstić information content (AvgIpc) is 2.96. The molecule has 0 aromatic heterocycles. The van der Waals surface area contributed by atoms with E-state index in [-0.39, 0.29) is 27.4 Å². The summed E-state index contributed by atoms with van der Waals surface area (Å²) in [7, 11) is 2.75. The molecule has 0 saturated carbocycles. The Labute approximate surface area is 192 Å². The highest BCUT2D eigenvalue weighted by Gasteiger charge is 2.32. The van der Waals surface area contributed by atoms with E-state index < -0.39 is 27.1 Å². The van der Waals surface area contributed by atoms with Crippen molar-refractivity contribution in [2.24, 2.45) is 0 Å². The molecule has 2 aromatic carbocycles. The normalized spacial score (nSPS) is 14.8. The van der Waals surface area contributed by atoms with Gasteiger partial charge in [-0.25, -0.2) is 0 Å². The Morgan fingerprint density at radius 1 is 1.10 bits per heavy atom. The summed E-state index contributed by atoms with van der Waals surface area (Å²) in [5.41, 5.74) is -0.473. The molecule has 1 aliphatic heterocycles. The Morgan fingerprint density at radius 3 is 2.35 bits per heavy atom. The van der Waals surface area contributed by atoms with E-state index in [1.807, 2.05) is 22.6 Å². The number of hydrogen-bond donors (Lipinski definition) is 0. The Kier molecular flexibility index (Phi) is 6.45. The summed E-state index contributed by atoms with van der Waals surface area (Å²) in [5.74, 6) is -0.264. The van der Waals surface area contributed by atoms with Gasteiger partial charge in [-0.3, -0.25) is 34.7 Å². The van der Waals surface area contributed by atoms with Gasteiger partial charge in [0.05, 0.1) is 31.5 Å². The molecular weight excluding hydrogens is 545 g/mol. The van der Waals surface area contributed by atoms with Crippen LogP contribution in [-0.4, -0.2) is 40.1 Å². The van der Waals surface area contributed by atoms with Crippen LogP contribution in [0.3, 0.4) is 0 Å². The number of ether oxygens (including phenoxy) is 2. The number of nitro groups is 2. The number of halogens is 1. The lowest BCUT2D eigenvalue weighted by Gasteiger charge is -2.13. The van der Waals surface area contributed by atoms with E-state index in [0.717, 1.165) is 34.9 Å². The van der Waals surface area contributed by atoms with Gasteiger partial charge in [0.15, 0.2) is 11.5 Å². The molecule has 1 saturated heterocycles. The highest BCUT2D eigenvalue weighted by Crippen LogP contribution is 2.42. The molecule has 2 amide bonds. The number of nitrogens with zero attached hydrogens (tertiary/aromatic N) is 3. The van der Waals surface area contributed by atoms with Crippen LogP contribution in [0.5, 0.6) is 17.2 Å². The van der Waals surface area contributed by atoms with E-state index in [0.29, 0.717) is 9.13 Å². The van der Waals surface area contributed by atoms with Gasteiger partial charge < -0.3 is 9.47 Å². The molecule has 1 fully saturated rings. The Balaban J connectivity index is 2.01. The van der Waals surface area contributed by atoms with Crippen molar-refractivity contribution in [3.05, 3.63) is 64.6 Å². The first-order valence-electron chi connectivity index (χ1n) is 8.32. The summed E-state index contributed by atoms with van der Waals surface area (Å²) in [5, 5.41) is 21.9. The molecule has 160 valence electrons. The molecule has 0 radical (unpaired) electrons. The predicted molar refractivity (Wildman–Crippen MR) is 119 cm³/mol. The molecule has 0 spiro atoms. The van der Waals surface area contributed by atoms with E-state index in [1.165, 1.54) is 20.2 Å². The topological polar surface area (TPSA) is 142 Å². The number of amides is 2. The number of carbonyl (C=O) groups excluding carboxylic acids is 2. The third-order valence-electron chi connectivity index (χ3n) is 4.10. The van der Waals surface area contributed by atoms with Crippen LogP contribution in [0.2, 0.25) is 0 Å². The molecular formula is C18H12IN3O8S. The van der Waals surface area contributed by atoms with E-state index in [9.17, 15) is 29.8 Å². The van der Waals surface area contributed by atoms with E-state index >= 15 is 0 Å². The van der Waals surface area contributed by atoms with Crippen molar-refractivity contribution >= 4 is 62.9 Å². The number of likely N-dealkylation sites (N-methyl/N-ethyl adjacent to an activating group) is 1. The number of nitro benzene ring substituents is 2. The minimum absolute atomic E-state index is 0.154. The maximum absolute atomic E-state index is 12.1. The fraction of sp³-hybridized carbons (Fsp3) is 0.111. The molecule has 0 N–H and O–H groups in total. The Hall–Kier alpha value is -3.20. The fourth-order valence-corrected chi connectivity index (χ4v) is 4.14. The zero-order valence-electron chi connectivity index (χ0n) is 15.9. The highest BCUT2D eigenvalue weighted by molar-refractivity contribution is 14.1. The average molecular weight is 557 g/mol. The summed E-state index contributed by atoms with van der Waals surface area (Å²) >= 11 is 2.73. The second kappa shape index (κ2) is 8.89. The molecule has 1 aliphatic rings. The molecule has 0 atom stereocenters. The van der Waals surface area contributed by atoms with Crippen LogP contribution < -0.4 is 9.47 Å². The molecule has 0 aliphatic carbocycles. The molecule has 3 rings (SSSR count). The van der Waals surface area contributed by atoms with E-state index in [4.69, 9.17) is 9.47 Å². The second-order valence-electron chi connectivity index (χ2n) is 6.04. The Morgan fingerprint density at radius 2 is 1.81 bits per heavy atom. The SMILES string of the molecule is COc1cc(/C=C2/SC(=O)N(C)C2=O)cc(I)c1Oc1ccc([N+](=O)[O-])cc1[N+](=O)[O-]. The monoisotopic (exact) mass is 557 g/mol. The third kappa shape index (κ3) is 4.61. The smallest absolute Gasteiger partial charge is 0.318 e. The van der Waals surface area contributed by atoms with Crippen molar-refractivity contribution in [3.63, 3.8) is 0 Å². The summed E-state index contributed by atoms with van der Waals surface area (Å²) < 4.78 is 11.5. The van der Waals surface area contributed by atoms with Gasteiger partial charge in [-0.05, 0) is 64.2 Å². The van der Waals surface area contributed by atoms with Crippen LogP contribution in [0.25, 0.3) is 6.08 Å². The van der Waals surface area contributed by atoms with Crippen LogP contribution in [0.15, 0.2) is 35.2 Å². The van der Waals surface area contributed by atoms with Gasteiger partial charge in [-0.2, -0.15) is 0 Å². The quantitative estimate of drug-likeness (QED) is 0.216. The number of imide groups is 1. The van der Waals surface area contributed by atoms with Crippen LogP contribution in [0.1, 0.15) is 5.56 Å². The molecule has 11 nitrogen and oxygen atoms in total. The lowest BCUT2D eigenvalue weighted by molar-refractivity contribution is -0.394. The van der Waals surface area contributed by atoms with Crippen LogP contribution in [0, 0.1) is 23.8 Å². The maximum atomic E-state index is 12.1. The van der Waals surface area contributed by atoms with Crippen LogP contribution >= 0.6 is 34.4 Å². The first-order chi connectivity index (χ1) is 14.6. The van der Waals surface area contributed by atoms with Gasteiger partial charge in [0.1, 0.15) is 0 Å². The first-order valence-corrected chi connectivity index (χ1v) is 10.2. The summed E-state index contributed by atoms with van der Waals surface area (Å²) in [6, 6.07) is 6.22. The number of non-ortho nitro benzene ring substituents is 1. The van der Waals surface area contributed by atoms with Crippen molar-refractivity contribution in [1.82, 2.24) is 4.90 Å². The predicted octanol–water partition coefficient (Wildman–Crippen LogP) is 4.57. The minimum atomic E-state index is -0.781. The number of carbonyl (C=O) groups is 2. The molecule has 31 heavy (non-hydrogen) atoms. The Bertz CT molecular complexity index is 1170. The lowest BCUT2D eigenvalue weighted by atomic mass is 10.1. The van der Waals surface area contributed by atoms with Crippen molar-refractivity contribution in [2.45, 2.75) is 0 Å². The zero-order valence-corrected chi connectivity index (χ0v) is 18.8. The standard InChI is InChI=1S/C18H12IN3O8S/c1-20-17(23)15(31-18(20)24)7-9-5-11(19)16(14(6-9)29-2)30-13-4-3-10(21(25)26)8-12(13)22(27)28/h3-8H,1-2H3/b15-7+. The number of rotatable bonds is 6. The fourth-order valence-electron chi connectivity index (χ4n) is 2.58. The largest absolute Gasteiger partial charge is 0.493 e. The minimum Gasteiger partial charge on any atom is -0.493 e. The molecule has 13 heteroatoms. The number of thioether (sulfide) groups is 1. The van der Waals surface area contributed by atoms with Gasteiger partial charge in [0.2, 0.25) is 5.75 Å². The molecule has 0 bridgehead atoms. The highest BCUT2D eigenvalue weighted by atomic mass is 127. The molecule has 1 heterocycles. The van der Waals surface area contributed by atoms with Crippen LogP contribution in [0.4, 0.5) is 16.2 Å². The first kappa shape index (κ1) is 22.5. The van der Waals surface area contributed by atoms with Gasteiger partial charge in [0.25, 0.3) is 16.8 Å². The summed E-state index contributed by atoms with van der Waals surface area (Å²) in [6.45, 7) is 0. The van der Waals surface area contributed by atoms with Gasteiger partial charge in [-0.15, -0.1) is 0 Å². The van der Waals surface area contributed by atoms with Crippen LogP contribution in [-0.2, 0) is 4.79 Å². The van der Waals surface area contributed by atoms with E-state index in [1.54, 1.807) is 12.1 Å². The van der Waals surface area contributed by atoms with Crippen molar-refractivity contribution < 1.29 is 28.9 Å². The van der Waals surface area contributed by atoms with E-state index in [2.05, 4.69) is 0 Å². The van der Waals surface area contributed by atoms with Crippen molar-refractivity contribution in [1.29, 1.82) is 0 Å². The van der Waals surface area contributed by atoms with Gasteiger partial charge in [0, 0.05) is 13.1 Å². The second-order valence-corrected chi connectivity index (χ2v) is 8.20. The summed E-state index contributed by atoms with van der Waals surface area (Å²) in [4.78, 5) is 45.7. The number of methoxy groups -OCH3 is 1. The lowest BCUT2D eigenvalue weighted by Crippen LogP contribution is -2.22.